The number of imide groups is 1. The highest BCUT2D eigenvalue weighted by Crippen LogP contribution is 2.34. The van der Waals surface area contributed by atoms with Crippen LogP contribution in [-0.4, -0.2) is 41.1 Å². The Morgan fingerprint density at radius 3 is 2.43 bits per heavy atom. The van der Waals surface area contributed by atoms with Gasteiger partial charge in [-0.15, -0.1) is 0 Å². The van der Waals surface area contributed by atoms with E-state index in [0.29, 0.717) is 17.2 Å². The average Bonchev–Trinajstić information content (AvgIpc) is 2.96. The molecule has 1 atom stereocenters. The zero-order valence-electron chi connectivity index (χ0n) is 16.6. The summed E-state index contributed by atoms with van der Waals surface area (Å²) in [6.45, 7) is -0.218. The predicted molar refractivity (Wildman–Crippen MR) is 103 cm³/mol. The van der Waals surface area contributed by atoms with E-state index in [0.717, 1.165) is 37.7 Å². The molecule has 1 aromatic carbocycles. The lowest BCUT2D eigenvalue weighted by molar-refractivity contribution is -0.204. The topological polar surface area (TPSA) is 78.5 Å². The van der Waals surface area contributed by atoms with Crippen LogP contribution in [0, 0.1) is 5.92 Å². The molecule has 1 unspecified atom stereocenters. The van der Waals surface area contributed by atoms with Crippen molar-refractivity contribution in [1.29, 1.82) is 0 Å². The lowest BCUT2D eigenvalue weighted by atomic mass is 9.86. The first kappa shape index (κ1) is 22.1. The van der Waals surface area contributed by atoms with Crippen molar-refractivity contribution in [3.05, 3.63) is 35.9 Å². The van der Waals surface area contributed by atoms with Crippen LogP contribution in [0.5, 0.6) is 0 Å². The zero-order chi connectivity index (χ0) is 21.8. The SMILES string of the molecule is O=C(CCC1CCCCC1)NC1(C(F)(F)F)NC(=O)N(CCc2ccccc2)C1=O. The highest BCUT2D eigenvalue weighted by molar-refractivity contribution is 6.08. The van der Waals surface area contributed by atoms with E-state index in [9.17, 15) is 27.6 Å². The van der Waals surface area contributed by atoms with Crippen molar-refractivity contribution in [3.8, 4) is 0 Å². The van der Waals surface area contributed by atoms with Crippen molar-refractivity contribution in [1.82, 2.24) is 15.5 Å². The summed E-state index contributed by atoms with van der Waals surface area (Å²) in [6.07, 6.45) is 0.578. The molecule has 1 aliphatic carbocycles. The van der Waals surface area contributed by atoms with Crippen LogP contribution in [0.2, 0.25) is 0 Å². The predicted octanol–water partition coefficient (Wildman–Crippen LogP) is 3.52. The number of benzene rings is 1. The Hall–Kier alpha value is -2.58. The highest BCUT2D eigenvalue weighted by Gasteiger charge is 2.68. The van der Waals surface area contributed by atoms with E-state index in [2.05, 4.69) is 0 Å². The minimum atomic E-state index is -5.16. The van der Waals surface area contributed by atoms with Gasteiger partial charge in [0.2, 0.25) is 5.91 Å². The van der Waals surface area contributed by atoms with Crippen LogP contribution < -0.4 is 10.6 Å². The first-order valence-corrected chi connectivity index (χ1v) is 10.3. The fraction of sp³-hybridized carbons (Fsp3) is 0.571. The van der Waals surface area contributed by atoms with Gasteiger partial charge in [-0.05, 0) is 24.3 Å². The maximum atomic E-state index is 13.9. The second kappa shape index (κ2) is 9.06. The third-order valence-electron chi connectivity index (χ3n) is 5.83. The molecule has 1 heterocycles. The maximum absolute atomic E-state index is 13.9. The molecular weight excluding hydrogens is 399 g/mol. The van der Waals surface area contributed by atoms with Gasteiger partial charge in [-0.2, -0.15) is 13.2 Å². The van der Waals surface area contributed by atoms with Gasteiger partial charge in [0.25, 0.3) is 11.6 Å². The number of amides is 4. The molecule has 0 spiro atoms. The van der Waals surface area contributed by atoms with Gasteiger partial charge >= 0.3 is 12.2 Å². The monoisotopic (exact) mass is 425 g/mol. The van der Waals surface area contributed by atoms with Gasteiger partial charge in [-0.1, -0.05) is 62.4 Å². The summed E-state index contributed by atoms with van der Waals surface area (Å²) in [4.78, 5) is 37.7. The lowest BCUT2D eigenvalue weighted by Gasteiger charge is -2.30. The van der Waals surface area contributed by atoms with Gasteiger partial charge in [0.05, 0.1) is 0 Å². The standard InChI is InChI=1S/C21H26F3N3O3/c22-21(23,24)20(25-17(28)12-11-15-7-3-1-4-8-15)18(29)27(19(30)26-20)14-13-16-9-5-2-6-10-16/h2,5-6,9-10,15H,1,3-4,7-8,11-14H2,(H,25,28)(H,26,30). The van der Waals surface area contributed by atoms with E-state index in [1.54, 1.807) is 41.0 Å². The number of hydrogen-bond donors (Lipinski definition) is 2. The smallest absolute Gasteiger partial charge is 0.318 e. The number of alkyl halides is 3. The Labute approximate surface area is 173 Å². The van der Waals surface area contributed by atoms with Gasteiger partial charge in [0, 0.05) is 13.0 Å². The first-order valence-electron chi connectivity index (χ1n) is 10.3. The number of hydrogen-bond acceptors (Lipinski definition) is 3. The third-order valence-corrected chi connectivity index (χ3v) is 5.83. The summed E-state index contributed by atoms with van der Waals surface area (Å²) >= 11 is 0. The van der Waals surface area contributed by atoms with E-state index >= 15 is 0 Å². The minimum Gasteiger partial charge on any atom is -0.318 e. The maximum Gasteiger partial charge on any atom is 0.440 e. The van der Waals surface area contributed by atoms with Crippen molar-refractivity contribution in [3.63, 3.8) is 0 Å². The van der Waals surface area contributed by atoms with Crippen molar-refractivity contribution < 1.29 is 27.6 Å². The van der Waals surface area contributed by atoms with E-state index in [1.165, 1.54) is 0 Å². The van der Waals surface area contributed by atoms with Gasteiger partial charge < -0.3 is 5.32 Å². The molecule has 30 heavy (non-hydrogen) atoms. The first-order chi connectivity index (χ1) is 14.2. The summed E-state index contributed by atoms with van der Waals surface area (Å²) in [5.74, 6) is -2.08. The quantitative estimate of drug-likeness (QED) is 0.657. The molecule has 2 aliphatic rings. The molecule has 1 aromatic rings. The van der Waals surface area contributed by atoms with Crippen LogP contribution in [0.4, 0.5) is 18.0 Å². The molecule has 6 nitrogen and oxygen atoms in total. The van der Waals surface area contributed by atoms with E-state index in [4.69, 9.17) is 0 Å². The Balaban J connectivity index is 1.67. The molecule has 1 aliphatic heterocycles. The molecule has 1 saturated carbocycles. The van der Waals surface area contributed by atoms with Crippen LogP contribution in [0.3, 0.4) is 0 Å². The summed E-state index contributed by atoms with van der Waals surface area (Å²) < 4.78 is 41.6. The van der Waals surface area contributed by atoms with Gasteiger partial charge in [-0.25, -0.2) is 4.79 Å². The lowest BCUT2D eigenvalue weighted by Crippen LogP contribution is -2.69. The molecule has 2 N–H and O–H groups in total. The van der Waals surface area contributed by atoms with Crippen LogP contribution in [-0.2, 0) is 16.0 Å². The fourth-order valence-corrected chi connectivity index (χ4v) is 4.10. The molecular formula is C21H26F3N3O3. The van der Waals surface area contributed by atoms with Gasteiger partial charge in [0.1, 0.15) is 0 Å². The van der Waals surface area contributed by atoms with E-state index in [-0.39, 0.29) is 19.4 Å². The Kier molecular flexibility index (Phi) is 6.67. The number of urea groups is 1. The van der Waals surface area contributed by atoms with Crippen LogP contribution >= 0.6 is 0 Å². The van der Waals surface area contributed by atoms with E-state index in [1.807, 2.05) is 0 Å². The molecule has 0 radical (unpaired) electrons. The Morgan fingerprint density at radius 1 is 1.13 bits per heavy atom. The van der Waals surface area contributed by atoms with Crippen LogP contribution in [0.15, 0.2) is 30.3 Å². The van der Waals surface area contributed by atoms with Crippen molar-refractivity contribution >= 4 is 17.8 Å². The Morgan fingerprint density at radius 2 is 1.80 bits per heavy atom. The van der Waals surface area contributed by atoms with Crippen molar-refractivity contribution in [2.75, 3.05) is 6.54 Å². The number of rotatable bonds is 7. The molecule has 3 rings (SSSR count). The van der Waals surface area contributed by atoms with Crippen molar-refractivity contribution in [2.45, 2.75) is 63.2 Å². The molecule has 1 saturated heterocycles. The van der Waals surface area contributed by atoms with E-state index < -0.39 is 29.7 Å². The van der Waals surface area contributed by atoms with Crippen molar-refractivity contribution in [2.24, 2.45) is 5.92 Å². The molecule has 164 valence electrons. The van der Waals surface area contributed by atoms with Crippen LogP contribution in [0.25, 0.3) is 0 Å². The summed E-state index contributed by atoms with van der Waals surface area (Å²) in [5, 5.41) is 3.49. The zero-order valence-corrected chi connectivity index (χ0v) is 16.6. The molecule has 9 heteroatoms. The second-order valence-electron chi connectivity index (χ2n) is 7.96. The third kappa shape index (κ3) is 4.76. The minimum absolute atomic E-state index is 0.115. The van der Waals surface area contributed by atoms with Gasteiger partial charge in [-0.3, -0.25) is 19.8 Å². The number of carbonyl (C=O) groups excluding carboxylic acids is 3. The Bertz CT molecular complexity index is 779. The van der Waals surface area contributed by atoms with Gasteiger partial charge in [0.15, 0.2) is 0 Å². The number of nitrogens with one attached hydrogen (secondary N) is 2. The molecule has 0 aromatic heterocycles. The number of nitrogens with zero attached hydrogens (tertiary/aromatic N) is 1. The number of carbonyl (C=O) groups is 3. The molecule has 2 fully saturated rings. The van der Waals surface area contributed by atoms with Crippen LogP contribution in [0.1, 0.15) is 50.5 Å². The average molecular weight is 425 g/mol. The summed E-state index contributed by atoms with van der Waals surface area (Å²) in [5.41, 5.74) is -2.64. The number of halogens is 3. The molecule has 4 amide bonds. The molecule has 0 bridgehead atoms. The fourth-order valence-electron chi connectivity index (χ4n) is 4.10. The largest absolute Gasteiger partial charge is 0.440 e. The highest BCUT2D eigenvalue weighted by atomic mass is 19.4. The normalized spacial score (nSPS) is 22.8. The summed E-state index contributed by atoms with van der Waals surface area (Å²) in [7, 11) is 0. The second-order valence-corrected chi connectivity index (χ2v) is 7.96. The summed E-state index contributed by atoms with van der Waals surface area (Å²) in [6, 6.07) is 7.64.